The van der Waals surface area contributed by atoms with E-state index in [0.717, 1.165) is 4.90 Å². The van der Waals surface area contributed by atoms with Crippen molar-refractivity contribution in [1.29, 1.82) is 0 Å². The number of hydrogen-bond donors (Lipinski definition) is 1. The maximum Gasteiger partial charge on any atom is 0.280 e. The van der Waals surface area contributed by atoms with E-state index >= 15 is 0 Å². The van der Waals surface area contributed by atoms with Gasteiger partial charge in [-0.1, -0.05) is 18.2 Å². The molecule has 3 rings (SSSR count). The van der Waals surface area contributed by atoms with Gasteiger partial charge in [0, 0.05) is 19.3 Å². The minimum Gasteiger partial charge on any atom is -0.481 e. The average molecular weight is 339 g/mol. The Bertz CT molecular complexity index is 772. The van der Waals surface area contributed by atoms with Gasteiger partial charge in [-0.25, -0.2) is 0 Å². The lowest BCUT2D eigenvalue weighted by Crippen LogP contribution is -2.42. The minimum atomic E-state index is -0.689. The molecule has 2 aromatic rings. The van der Waals surface area contributed by atoms with Crippen molar-refractivity contribution in [2.24, 2.45) is 0 Å². The van der Waals surface area contributed by atoms with Gasteiger partial charge in [0.1, 0.15) is 11.4 Å². The van der Waals surface area contributed by atoms with Crippen LogP contribution in [0.3, 0.4) is 0 Å². The fourth-order valence-corrected chi connectivity index (χ4v) is 2.51. The van der Waals surface area contributed by atoms with E-state index in [0.29, 0.717) is 11.3 Å². The van der Waals surface area contributed by atoms with E-state index in [1.807, 2.05) is 18.2 Å². The molecule has 1 aliphatic rings. The van der Waals surface area contributed by atoms with E-state index in [1.165, 1.54) is 6.20 Å². The molecule has 2 heterocycles. The molecular weight excluding hydrogens is 322 g/mol. The fraction of sp³-hybridized carbons (Fsp3) is 0.222. The monoisotopic (exact) mass is 339 g/mol. The van der Waals surface area contributed by atoms with Gasteiger partial charge in [-0.05, 0) is 31.2 Å². The quantitative estimate of drug-likeness (QED) is 0.801. The predicted octanol–water partition coefficient (Wildman–Crippen LogP) is 1.26. The SMILES string of the molecule is CC(Oc1ccccc1)C(=O)NCCN1C(=O)c2cccnc2C1=O. The molecule has 3 amide bonds. The van der Waals surface area contributed by atoms with Crippen LogP contribution in [0.5, 0.6) is 5.75 Å². The lowest BCUT2D eigenvalue weighted by molar-refractivity contribution is -0.127. The van der Waals surface area contributed by atoms with Gasteiger partial charge in [-0.2, -0.15) is 0 Å². The molecule has 1 aromatic carbocycles. The summed E-state index contributed by atoms with van der Waals surface area (Å²) in [6.07, 6.45) is 0.781. The molecule has 0 saturated heterocycles. The summed E-state index contributed by atoms with van der Waals surface area (Å²) < 4.78 is 5.52. The van der Waals surface area contributed by atoms with E-state index in [9.17, 15) is 14.4 Å². The molecule has 1 unspecified atom stereocenters. The zero-order valence-electron chi connectivity index (χ0n) is 13.6. The number of carbonyl (C=O) groups is 3. The number of nitrogens with one attached hydrogen (secondary N) is 1. The van der Waals surface area contributed by atoms with E-state index < -0.39 is 17.9 Å². The summed E-state index contributed by atoms with van der Waals surface area (Å²) in [6.45, 7) is 1.86. The predicted molar refractivity (Wildman–Crippen MR) is 89.1 cm³/mol. The Labute approximate surface area is 144 Å². The number of imide groups is 1. The molecule has 128 valence electrons. The number of amides is 3. The molecule has 0 aliphatic carbocycles. The zero-order valence-corrected chi connectivity index (χ0v) is 13.6. The molecule has 1 aromatic heterocycles. The largest absolute Gasteiger partial charge is 0.481 e. The van der Waals surface area contributed by atoms with Gasteiger partial charge in [-0.3, -0.25) is 24.3 Å². The van der Waals surface area contributed by atoms with E-state index in [4.69, 9.17) is 4.74 Å². The second-order valence-corrected chi connectivity index (χ2v) is 5.53. The number of ether oxygens (including phenoxy) is 1. The van der Waals surface area contributed by atoms with Crippen LogP contribution in [0.15, 0.2) is 48.7 Å². The molecular formula is C18H17N3O4. The molecule has 0 fully saturated rings. The average Bonchev–Trinajstić information content (AvgIpc) is 2.87. The van der Waals surface area contributed by atoms with Crippen LogP contribution in [0.25, 0.3) is 0 Å². The summed E-state index contributed by atoms with van der Waals surface area (Å²) in [4.78, 5) is 41.4. The molecule has 0 radical (unpaired) electrons. The third-order valence-electron chi connectivity index (χ3n) is 3.79. The molecule has 7 heteroatoms. The van der Waals surface area contributed by atoms with Gasteiger partial charge in [-0.15, -0.1) is 0 Å². The first-order valence-corrected chi connectivity index (χ1v) is 7.88. The van der Waals surface area contributed by atoms with Crippen LogP contribution in [0, 0.1) is 0 Å². The van der Waals surface area contributed by atoms with Gasteiger partial charge in [0.2, 0.25) is 0 Å². The Balaban J connectivity index is 1.51. The topological polar surface area (TPSA) is 88.6 Å². The molecule has 1 aliphatic heterocycles. The molecule has 0 saturated carbocycles. The Morgan fingerprint density at radius 2 is 1.92 bits per heavy atom. The fourth-order valence-electron chi connectivity index (χ4n) is 2.51. The normalized spacial score (nSPS) is 14.2. The van der Waals surface area contributed by atoms with Crippen LogP contribution >= 0.6 is 0 Å². The number of para-hydroxylation sites is 1. The molecule has 7 nitrogen and oxygen atoms in total. The summed E-state index contributed by atoms with van der Waals surface area (Å²) in [5, 5.41) is 2.67. The number of rotatable bonds is 6. The number of aromatic nitrogens is 1. The van der Waals surface area contributed by atoms with E-state index in [-0.39, 0.29) is 24.7 Å². The second kappa shape index (κ2) is 7.12. The third kappa shape index (κ3) is 3.50. The Morgan fingerprint density at radius 3 is 2.64 bits per heavy atom. The zero-order chi connectivity index (χ0) is 17.8. The van der Waals surface area contributed by atoms with Crippen LogP contribution in [0.2, 0.25) is 0 Å². The van der Waals surface area contributed by atoms with Crippen LogP contribution < -0.4 is 10.1 Å². The van der Waals surface area contributed by atoms with E-state index in [1.54, 1.807) is 31.2 Å². The van der Waals surface area contributed by atoms with Gasteiger partial charge >= 0.3 is 0 Å². The summed E-state index contributed by atoms with van der Waals surface area (Å²) in [6, 6.07) is 12.2. The maximum atomic E-state index is 12.2. The highest BCUT2D eigenvalue weighted by Gasteiger charge is 2.36. The summed E-state index contributed by atoms with van der Waals surface area (Å²) in [5.74, 6) is -0.561. The van der Waals surface area contributed by atoms with Crippen molar-refractivity contribution in [3.05, 3.63) is 59.9 Å². The van der Waals surface area contributed by atoms with Gasteiger partial charge < -0.3 is 10.1 Å². The van der Waals surface area contributed by atoms with Crippen LogP contribution in [0.4, 0.5) is 0 Å². The van der Waals surface area contributed by atoms with Crippen LogP contribution in [-0.2, 0) is 4.79 Å². The second-order valence-electron chi connectivity index (χ2n) is 5.53. The Morgan fingerprint density at radius 1 is 1.16 bits per heavy atom. The van der Waals surface area contributed by atoms with Crippen molar-refractivity contribution < 1.29 is 19.1 Å². The highest BCUT2D eigenvalue weighted by molar-refractivity contribution is 6.20. The van der Waals surface area contributed by atoms with Crippen LogP contribution in [0.1, 0.15) is 27.8 Å². The van der Waals surface area contributed by atoms with Crippen molar-refractivity contribution in [2.45, 2.75) is 13.0 Å². The number of carbonyl (C=O) groups excluding carboxylic acids is 3. The van der Waals surface area contributed by atoms with Crippen molar-refractivity contribution in [1.82, 2.24) is 15.2 Å². The van der Waals surface area contributed by atoms with Crippen molar-refractivity contribution >= 4 is 17.7 Å². The van der Waals surface area contributed by atoms with Gasteiger partial charge in [0.15, 0.2) is 6.10 Å². The summed E-state index contributed by atoms with van der Waals surface area (Å²) >= 11 is 0. The van der Waals surface area contributed by atoms with Gasteiger partial charge in [0.25, 0.3) is 17.7 Å². The first-order chi connectivity index (χ1) is 12.1. The number of pyridine rings is 1. The maximum absolute atomic E-state index is 12.2. The number of benzene rings is 1. The lowest BCUT2D eigenvalue weighted by atomic mass is 10.2. The van der Waals surface area contributed by atoms with E-state index in [2.05, 4.69) is 10.3 Å². The number of fused-ring (bicyclic) bond motifs is 1. The highest BCUT2D eigenvalue weighted by Crippen LogP contribution is 2.19. The van der Waals surface area contributed by atoms with Gasteiger partial charge in [0.05, 0.1) is 5.56 Å². The first-order valence-electron chi connectivity index (χ1n) is 7.88. The highest BCUT2D eigenvalue weighted by atomic mass is 16.5. The number of hydrogen-bond acceptors (Lipinski definition) is 5. The molecule has 0 spiro atoms. The minimum absolute atomic E-state index is 0.0812. The van der Waals surface area contributed by atoms with Crippen molar-refractivity contribution in [2.75, 3.05) is 13.1 Å². The number of nitrogens with zero attached hydrogens (tertiary/aromatic N) is 2. The Hall–Kier alpha value is -3.22. The Kier molecular flexibility index (Phi) is 4.74. The molecule has 25 heavy (non-hydrogen) atoms. The third-order valence-corrected chi connectivity index (χ3v) is 3.79. The first kappa shape index (κ1) is 16.6. The lowest BCUT2D eigenvalue weighted by Gasteiger charge is -2.17. The van der Waals surface area contributed by atoms with Crippen LogP contribution in [-0.4, -0.2) is 46.8 Å². The summed E-state index contributed by atoms with van der Waals surface area (Å²) in [5.41, 5.74) is 0.444. The molecule has 0 bridgehead atoms. The van der Waals surface area contributed by atoms with Crippen molar-refractivity contribution in [3.8, 4) is 5.75 Å². The smallest absolute Gasteiger partial charge is 0.280 e. The standard InChI is InChI=1S/C18H17N3O4/c1-12(25-13-6-3-2-4-7-13)16(22)20-10-11-21-17(23)14-8-5-9-19-15(14)18(21)24/h2-9,12H,10-11H2,1H3,(H,20,22). The molecule has 1 N–H and O–H groups in total. The summed E-state index contributed by atoms with van der Waals surface area (Å²) in [7, 11) is 0. The van der Waals surface area contributed by atoms with Crippen molar-refractivity contribution in [3.63, 3.8) is 0 Å². The molecule has 1 atom stereocenters.